The number of benzene rings is 2. The van der Waals surface area contributed by atoms with Crippen molar-refractivity contribution in [3.8, 4) is 6.07 Å². The van der Waals surface area contributed by atoms with E-state index in [1.807, 2.05) is 36.6 Å². The first-order valence-electron chi connectivity index (χ1n) is 9.73. The second-order valence-electron chi connectivity index (χ2n) is 7.36. The summed E-state index contributed by atoms with van der Waals surface area (Å²) in [4.78, 5) is 15.9. The van der Waals surface area contributed by atoms with Crippen LogP contribution >= 0.6 is 11.8 Å². The largest absolute Gasteiger partial charge is 0.341 e. The zero-order chi connectivity index (χ0) is 21.7. The summed E-state index contributed by atoms with van der Waals surface area (Å²) in [7, 11) is -1.82. The molecule has 0 bridgehead atoms. The van der Waals surface area contributed by atoms with Crippen molar-refractivity contribution in [1.82, 2.24) is 9.21 Å². The highest BCUT2D eigenvalue weighted by molar-refractivity contribution is 7.98. The molecule has 158 valence electrons. The lowest BCUT2D eigenvalue weighted by Gasteiger charge is -2.32. The van der Waals surface area contributed by atoms with Gasteiger partial charge in [-0.2, -0.15) is 9.57 Å². The summed E-state index contributed by atoms with van der Waals surface area (Å²) >= 11 is 1.68. The molecule has 1 aliphatic heterocycles. The minimum atomic E-state index is -3.61. The van der Waals surface area contributed by atoms with E-state index in [1.54, 1.807) is 23.7 Å². The molecule has 3 rings (SSSR count). The highest BCUT2D eigenvalue weighted by Crippen LogP contribution is 2.26. The molecule has 1 saturated heterocycles. The molecular formula is C22H25N3O3S2. The lowest BCUT2D eigenvalue weighted by molar-refractivity contribution is -0.135. The number of sulfonamides is 1. The average Bonchev–Trinajstić information content (AvgIpc) is 2.79. The van der Waals surface area contributed by atoms with Crippen LogP contribution in [0, 0.1) is 17.2 Å². The fourth-order valence-corrected chi connectivity index (χ4v) is 5.47. The van der Waals surface area contributed by atoms with E-state index < -0.39 is 10.0 Å². The number of hydrogen-bond acceptors (Lipinski definition) is 5. The second kappa shape index (κ2) is 9.65. The molecule has 0 aromatic heterocycles. The molecule has 0 radical (unpaired) electrons. The fourth-order valence-electron chi connectivity index (χ4n) is 3.59. The second-order valence-corrected chi connectivity index (χ2v) is 10.2. The van der Waals surface area contributed by atoms with Crippen LogP contribution in [-0.2, 0) is 21.4 Å². The van der Waals surface area contributed by atoms with Crippen LogP contribution in [0.3, 0.4) is 0 Å². The first kappa shape index (κ1) is 22.3. The van der Waals surface area contributed by atoms with Crippen LogP contribution in [0.15, 0.2) is 58.3 Å². The lowest BCUT2D eigenvalue weighted by atomic mass is 9.96. The Morgan fingerprint density at radius 2 is 1.73 bits per heavy atom. The van der Waals surface area contributed by atoms with Crippen LogP contribution in [-0.4, -0.2) is 49.9 Å². The molecule has 0 unspecified atom stereocenters. The summed E-state index contributed by atoms with van der Waals surface area (Å²) in [5, 5.41) is 8.88. The zero-order valence-electron chi connectivity index (χ0n) is 17.1. The quantitative estimate of drug-likeness (QED) is 0.640. The van der Waals surface area contributed by atoms with Crippen LogP contribution in [0.25, 0.3) is 0 Å². The van der Waals surface area contributed by atoms with Crippen molar-refractivity contribution < 1.29 is 13.2 Å². The Bertz CT molecular complexity index is 1020. The van der Waals surface area contributed by atoms with Crippen molar-refractivity contribution in [2.75, 3.05) is 26.4 Å². The summed E-state index contributed by atoms with van der Waals surface area (Å²) in [5.41, 5.74) is 1.49. The molecule has 1 heterocycles. The van der Waals surface area contributed by atoms with Gasteiger partial charge in [-0.15, -0.1) is 11.8 Å². The van der Waals surface area contributed by atoms with E-state index in [9.17, 15) is 13.2 Å². The number of piperidine rings is 1. The maximum atomic E-state index is 12.8. The Balaban J connectivity index is 1.58. The first-order valence-corrected chi connectivity index (χ1v) is 12.4. The van der Waals surface area contributed by atoms with Crippen LogP contribution in [0.2, 0.25) is 0 Å². The van der Waals surface area contributed by atoms with Gasteiger partial charge < -0.3 is 4.90 Å². The number of carbonyl (C=O) groups is 1. The molecule has 0 N–H and O–H groups in total. The van der Waals surface area contributed by atoms with Gasteiger partial charge in [0.2, 0.25) is 15.9 Å². The average molecular weight is 444 g/mol. The SMILES string of the molecule is CSc1ccc(CN(C)C(=O)C2CCN(S(=O)(=O)c3ccc(C#N)cc3)CC2)cc1. The molecule has 1 aliphatic rings. The van der Waals surface area contributed by atoms with E-state index in [-0.39, 0.29) is 16.7 Å². The van der Waals surface area contributed by atoms with Crippen LogP contribution < -0.4 is 0 Å². The predicted octanol–water partition coefficient (Wildman–Crippen LogP) is 3.34. The minimum absolute atomic E-state index is 0.0550. The van der Waals surface area contributed by atoms with Gasteiger partial charge in [-0.1, -0.05) is 12.1 Å². The Morgan fingerprint density at radius 1 is 1.13 bits per heavy atom. The third-order valence-electron chi connectivity index (χ3n) is 5.38. The van der Waals surface area contributed by atoms with Gasteiger partial charge in [0, 0.05) is 37.5 Å². The molecule has 2 aromatic rings. The third-order valence-corrected chi connectivity index (χ3v) is 8.04. The number of nitriles is 1. The fraction of sp³-hybridized carbons (Fsp3) is 0.364. The maximum Gasteiger partial charge on any atom is 0.243 e. The van der Waals surface area contributed by atoms with Crippen molar-refractivity contribution in [2.45, 2.75) is 29.2 Å². The number of amides is 1. The van der Waals surface area contributed by atoms with E-state index in [1.165, 1.54) is 33.5 Å². The van der Waals surface area contributed by atoms with Crippen LogP contribution in [0.5, 0.6) is 0 Å². The van der Waals surface area contributed by atoms with Crippen molar-refractivity contribution in [1.29, 1.82) is 5.26 Å². The van der Waals surface area contributed by atoms with Gasteiger partial charge in [-0.05, 0) is 61.1 Å². The standard InChI is InChI=1S/C22H25N3O3S2/c1-24(16-18-3-7-20(29-2)8-4-18)22(26)19-11-13-25(14-12-19)30(27,28)21-9-5-17(15-23)6-10-21/h3-10,19H,11-14,16H2,1-2H3. The molecule has 0 atom stereocenters. The van der Waals surface area contributed by atoms with Gasteiger partial charge in [-0.25, -0.2) is 8.42 Å². The van der Waals surface area contributed by atoms with Gasteiger partial charge in [-0.3, -0.25) is 4.79 Å². The van der Waals surface area contributed by atoms with E-state index in [0.29, 0.717) is 38.0 Å². The Labute approximate surface area is 182 Å². The van der Waals surface area contributed by atoms with E-state index in [4.69, 9.17) is 5.26 Å². The molecule has 0 saturated carbocycles. The smallest absolute Gasteiger partial charge is 0.243 e. The van der Waals surface area contributed by atoms with E-state index >= 15 is 0 Å². The van der Waals surface area contributed by atoms with Gasteiger partial charge >= 0.3 is 0 Å². The van der Waals surface area contributed by atoms with Crippen LogP contribution in [0.4, 0.5) is 0 Å². The molecule has 1 fully saturated rings. The highest BCUT2D eigenvalue weighted by atomic mass is 32.2. The summed E-state index contributed by atoms with van der Waals surface area (Å²) in [6.45, 7) is 1.17. The molecule has 0 spiro atoms. The number of thioether (sulfide) groups is 1. The molecule has 2 aromatic carbocycles. The van der Waals surface area contributed by atoms with Gasteiger partial charge in [0.1, 0.15) is 0 Å². The Kier molecular flexibility index (Phi) is 7.19. The Hall–Kier alpha value is -2.34. The van der Waals surface area contributed by atoms with Gasteiger partial charge in [0.05, 0.1) is 16.5 Å². The molecular weight excluding hydrogens is 418 g/mol. The van der Waals surface area contributed by atoms with Crippen molar-refractivity contribution in [2.24, 2.45) is 5.92 Å². The van der Waals surface area contributed by atoms with Crippen molar-refractivity contribution in [3.63, 3.8) is 0 Å². The summed E-state index contributed by atoms with van der Waals surface area (Å²) in [6.07, 6.45) is 3.03. The molecule has 6 nitrogen and oxygen atoms in total. The number of carbonyl (C=O) groups excluding carboxylic acids is 1. The number of rotatable bonds is 6. The summed E-state index contributed by atoms with van der Waals surface area (Å²) < 4.78 is 27.1. The normalized spacial score (nSPS) is 15.5. The zero-order valence-corrected chi connectivity index (χ0v) is 18.7. The van der Waals surface area contributed by atoms with Gasteiger partial charge in [0.15, 0.2) is 0 Å². The Morgan fingerprint density at radius 3 is 2.27 bits per heavy atom. The van der Waals surface area contributed by atoms with Crippen molar-refractivity contribution >= 4 is 27.7 Å². The third kappa shape index (κ3) is 5.04. The lowest BCUT2D eigenvalue weighted by Crippen LogP contribution is -2.43. The van der Waals surface area contributed by atoms with E-state index in [2.05, 4.69) is 0 Å². The molecule has 30 heavy (non-hydrogen) atoms. The highest BCUT2D eigenvalue weighted by Gasteiger charge is 2.33. The monoisotopic (exact) mass is 443 g/mol. The maximum absolute atomic E-state index is 12.8. The molecule has 1 amide bonds. The number of hydrogen-bond donors (Lipinski definition) is 0. The molecule has 8 heteroatoms. The number of nitrogens with zero attached hydrogens (tertiary/aromatic N) is 3. The predicted molar refractivity (Wildman–Crippen MR) is 117 cm³/mol. The van der Waals surface area contributed by atoms with Gasteiger partial charge in [0.25, 0.3) is 0 Å². The molecule has 0 aliphatic carbocycles. The summed E-state index contributed by atoms with van der Waals surface area (Å²) in [6, 6.07) is 16.1. The van der Waals surface area contributed by atoms with E-state index in [0.717, 1.165) is 5.56 Å². The van der Waals surface area contributed by atoms with Crippen molar-refractivity contribution in [3.05, 3.63) is 59.7 Å². The minimum Gasteiger partial charge on any atom is -0.341 e. The van der Waals surface area contributed by atoms with Crippen LogP contribution in [0.1, 0.15) is 24.0 Å². The first-order chi connectivity index (χ1) is 14.3. The summed E-state index contributed by atoms with van der Waals surface area (Å²) in [5.74, 6) is -0.118. The topological polar surface area (TPSA) is 81.5 Å².